The number of aliphatic imine (C=N–C) groups is 1. The Balaban J connectivity index is 0.00000320. The molecule has 0 atom stereocenters. The van der Waals surface area contributed by atoms with Gasteiger partial charge in [-0.1, -0.05) is 13.8 Å². The van der Waals surface area contributed by atoms with Crippen molar-refractivity contribution >= 4 is 47.2 Å². The number of halogens is 1. The highest BCUT2D eigenvalue weighted by Gasteiger charge is 2.18. The highest BCUT2D eigenvalue weighted by atomic mass is 127. The SMILES string of the molecule is CN=C(NCCCN1CCN(c2ncccn2)CC1)NCc1nc(C(C)C)cs1.I. The lowest BCUT2D eigenvalue weighted by Crippen LogP contribution is -2.47. The van der Waals surface area contributed by atoms with Crippen molar-refractivity contribution in [2.24, 2.45) is 4.99 Å². The van der Waals surface area contributed by atoms with E-state index in [1.807, 2.05) is 13.1 Å². The van der Waals surface area contributed by atoms with Crippen LogP contribution in [0, 0.1) is 0 Å². The van der Waals surface area contributed by atoms with Gasteiger partial charge in [-0.25, -0.2) is 15.0 Å². The van der Waals surface area contributed by atoms with Gasteiger partial charge in [0, 0.05) is 57.5 Å². The molecule has 0 radical (unpaired) electrons. The van der Waals surface area contributed by atoms with Gasteiger partial charge in [-0.05, 0) is 24.9 Å². The van der Waals surface area contributed by atoms with Crippen molar-refractivity contribution < 1.29 is 0 Å². The van der Waals surface area contributed by atoms with E-state index in [1.165, 1.54) is 0 Å². The van der Waals surface area contributed by atoms with Crippen LogP contribution in [-0.4, -0.2) is 72.1 Å². The Hall–Kier alpha value is -1.53. The summed E-state index contributed by atoms with van der Waals surface area (Å²) < 4.78 is 0. The molecule has 1 aliphatic heterocycles. The van der Waals surface area contributed by atoms with E-state index in [9.17, 15) is 0 Å². The molecule has 2 aromatic rings. The van der Waals surface area contributed by atoms with Gasteiger partial charge in [-0.15, -0.1) is 35.3 Å². The first-order valence-electron chi connectivity index (χ1n) is 10.3. The molecule has 0 unspecified atom stereocenters. The van der Waals surface area contributed by atoms with Crippen molar-refractivity contribution in [3.8, 4) is 0 Å². The lowest BCUT2D eigenvalue weighted by Gasteiger charge is -2.34. The number of rotatable bonds is 8. The van der Waals surface area contributed by atoms with E-state index in [0.29, 0.717) is 12.5 Å². The van der Waals surface area contributed by atoms with Gasteiger partial charge in [0.05, 0.1) is 12.2 Å². The van der Waals surface area contributed by atoms with Crippen LogP contribution < -0.4 is 15.5 Å². The molecule has 10 heteroatoms. The third kappa shape index (κ3) is 7.62. The predicted molar refractivity (Wildman–Crippen MR) is 135 cm³/mol. The second-order valence-corrected chi connectivity index (χ2v) is 8.35. The Morgan fingerprint density at radius 1 is 1.17 bits per heavy atom. The number of nitrogens with one attached hydrogen (secondary N) is 2. The van der Waals surface area contributed by atoms with E-state index < -0.39 is 0 Å². The molecule has 0 aromatic carbocycles. The monoisotopic (exact) mass is 544 g/mol. The summed E-state index contributed by atoms with van der Waals surface area (Å²) in [7, 11) is 1.81. The normalized spacial score (nSPS) is 15.2. The van der Waals surface area contributed by atoms with Crippen molar-refractivity contribution in [3.63, 3.8) is 0 Å². The molecular formula is C20H33IN8S. The van der Waals surface area contributed by atoms with Gasteiger partial charge >= 0.3 is 0 Å². The summed E-state index contributed by atoms with van der Waals surface area (Å²) >= 11 is 1.70. The number of anilines is 1. The predicted octanol–water partition coefficient (Wildman–Crippen LogP) is 2.55. The van der Waals surface area contributed by atoms with Gasteiger partial charge in [0.25, 0.3) is 0 Å². The fourth-order valence-corrected chi connectivity index (χ4v) is 4.08. The first-order valence-corrected chi connectivity index (χ1v) is 11.2. The van der Waals surface area contributed by atoms with Crippen molar-refractivity contribution in [2.45, 2.75) is 32.7 Å². The zero-order valence-corrected chi connectivity index (χ0v) is 21.2. The van der Waals surface area contributed by atoms with Crippen LogP contribution in [-0.2, 0) is 6.54 Å². The summed E-state index contributed by atoms with van der Waals surface area (Å²) in [6, 6.07) is 1.86. The summed E-state index contributed by atoms with van der Waals surface area (Å²) in [5.74, 6) is 2.14. The van der Waals surface area contributed by atoms with Gasteiger partial charge in [0.2, 0.25) is 5.95 Å². The van der Waals surface area contributed by atoms with E-state index in [1.54, 1.807) is 23.7 Å². The Labute approximate surface area is 200 Å². The second-order valence-electron chi connectivity index (χ2n) is 7.40. The van der Waals surface area contributed by atoms with Crippen LogP contribution in [0.5, 0.6) is 0 Å². The molecule has 30 heavy (non-hydrogen) atoms. The molecule has 0 saturated carbocycles. The largest absolute Gasteiger partial charge is 0.356 e. The van der Waals surface area contributed by atoms with E-state index in [0.717, 1.165) is 68.3 Å². The lowest BCUT2D eigenvalue weighted by atomic mass is 10.2. The smallest absolute Gasteiger partial charge is 0.225 e. The maximum Gasteiger partial charge on any atom is 0.225 e. The molecule has 1 saturated heterocycles. The average molecular weight is 545 g/mol. The summed E-state index contributed by atoms with van der Waals surface area (Å²) in [5.41, 5.74) is 1.16. The fraction of sp³-hybridized carbons (Fsp3) is 0.600. The molecule has 1 fully saturated rings. The average Bonchev–Trinajstić information content (AvgIpc) is 3.24. The van der Waals surface area contributed by atoms with Crippen molar-refractivity contribution in [2.75, 3.05) is 51.2 Å². The third-order valence-electron chi connectivity index (χ3n) is 4.94. The van der Waals surface area contributed by atoms with Crippen molar-refractivity contribution in [1.82, 2.24) is 30.5 Å². The van der Waals surface area contributed by atoms with Crippen LogP contribution in [0.1, 0.15) is 36.9 Å². The number of guanidine groups is 1. The third-order valence-corrected chi connectivity index (χ3v) is 5.81. The van der Waals surface area contributed by atoms with Gasteiger partial charge in [-0.3, -0.25) is 9.89 Å². The molecule has 2 N–H and O–H groups in total. The minimum atomic E-state index is 0. The van der Waals surface area contributed by atoms with Crippen LogP contribution in [0.2, 0.25) is 0 Å². The highest BCUT2D eigenvalue weighted by Crippen LogP contribution is 2.17. The zero-order valence-electron chi connectivity index (χ0n) is 18.0. The molecule has 3 rings (SSSR count). The maximum atomic E-state index is 4.66. The second kappa shape index (κ2) is 13.0. The van der Waals surface area contributed by atoms with Crippen LogP contribution in [0.3, 0.4) is 0 Å². The van der Waals surface area contributed by atoms with Crippen LogP contribution in [0.4, 0.5) is 5.95 Å². The molecule has 3 heterocycles. The fourth-order valence-electron chi connectivity index (χ4n) is 3.19. The number of hydrogen-bond donors (Lipinski definition) is 2. The molecule has 0 bridgehead atoms. The zero-order chi connectivity index (χ0) is 20.5. The lowest BCUT2D eigenvalue weighted by molar-refractivity contribution is 0.254. The van der Waals surface area contributed by atoms with Crippen molar-refractivity contribution in [1.29, 1.82) is 0 Å². The molecule has 0 amide bonds. The van der Waals surface area contributed by atoms with E-state index in [2.05, 4.69) is 59.6 Å². The Bertz CT molecular complexity index is 759. The van der Waals surface area contributed by atoms with Gasteiger partial charge in [0.15, 0.2) is 5.96 Å². The Kier molecular flexibility index (Phi) is 10.7. The number of thiazole rings is 1. The number of nitrogens with zero attached hydrogens (tertiary/aromatic N) is 6. The number of hydrogen-bond acceptors (Lipinski definition) is 7. The standard InChI is InChI=1S/C20H32N8S.HI/c1-16(2)17-15-29-18(26-17)14-25-19(21-3)22-8-5-9-27-10-12-28(13-11-27)20-23-6-4-7-24-20;/h4,6-7,15-16H,5,8-14H2,1-3H3,(H2,21,22,25);1H. The molecule has 1 aliphatic rings. The molecule has 8 nitrogen and oxygen atoms in total. The summed E-state index contributed by atoms with van der Waals surface area (Å²) in [5, 5.41) is 9.99. The van der Waals surface area contributed by atoms with E-state index >= 15 is 0 Å². The summed E-state index contributed by atoms with van der Waals surface area (Å²) in [6.45, 7) is 11.1. The Morgan fingerprint density at radius 3 is 2.53 bits per heavy atom. The molecule has 2 aromatic heterocycles. The number of aromatic nitrogens is 3. The first kappa shape index (κ1) is 24.7. The molecular weight excluding hydrogens is 511 g/mol. The van der Waals surface area contributed by atoms with Gasteiger partial charge in [-0.2, -0.15) is 0 Å². The first-order chi connectivity index (χ1) is 14.2. The van der Waals surface area contributed by atoms with Crippen LogP contribution in [0.15, 0.2) is 28.8 Å². The highest BCUT2D eigenvalue weighted by molar-refractivity contribution is 14.0. The number of piperazine rings is 1. The van der Waals surface area contributed by atoms with Crippen LogP contribution >= 0.6 is 35.3 Å². The summed E-state index contributed by atoms with van der Waals surface area (Å²) in [4.78, 5) is 22.4. The van der Waals surface area contributed by atoms with E-state index in [4.69, 9.17) is 0 Å². The van der Waals surface area contributed by atoms with Crippen LogP contribution in [0.25, 0.3) is 0 Å². The Morgan fingerprint density at radius 2 is 1.90 bits per heavy atom. The minimum absolute atomic E-state index is 0. The summed E-state index contributed by atoms with van der Waals surface area (Å²) in [6.07, 6.45) is 4.69. The molecule has 0 spiro atoms. The van der Waals surface area contributed by atoms with Crippen molar-refractivity contribution in [3.05, 3.63) is 34.5 Å². The molecule has 0 aliphatic carbocycles. The maximum absolute atomic E-state index is 4.66. The van der Waals surface area contributed by atoms with Gasteiger partial charge < -0.3 is 15.5 Å². The quantitative estimate of drug-likeness (QED) is 0.229. The van der Waals surface area contributed by atoms with Gasteiger partial charge in [0.1, 0.15) is 5.01 Å². The topological polar surface area (TPSA) is 81.6 Å². The molecule has 166 valence electrons. The minimum Gasteiger partial charge on any atom is -0.356 e. The van der Waals surface area contributed by atoms with E-state index in [-0.39, 0.29) is 24.0 Å².